The fourth-order valence-electron chi connectivity index (χ4n) is 1.55. The molecule has 2 heterocycles. The van der Waals surface area contributed by atoms with E-state index in [1.54, 1.807) is 6.07 Å². The standard InChI is InChI=1S/C13H9Cl3O2S2/c1-6-7(14)4-11(19-6)9(17)2-3-10(18)12-5-8(15)13(16)20-12/h4-5H,2-3H2,1H3. The van der Waals surface area contributed by atoms with Gasteiger partial charge in [0.05, 0.1) is 19.8 Å². The first-order chi connectivity index (χ1) is 9.38. The first-order valence-electron chi connectivity index (χ1n) is 5.65. The van der Waals surface area contributed by atoms with E-state index in [4.69, 9.17) is 34.8 Å². The maximum Gasteiger partial charge on any atom is 0.173 e. The van der Waals surface area contributed by atoms with Crippen molar-refractivity contribution in [1.82, 2.24) is 0 Å². The maximum atomic E-state index is 12.0. The van der Waals surface area contributed by atoms with E-state index in [-0.39, 0.29) is 24.4 Å². The number of aryl methyl sites for hydroxylation is 1. The predicted octanol–water partition coefficient (Wildman–Crippen LogP) is 5.92. The molecule has 0 bridgehead atoms. The highest BCUT2D eigenvalue weighted by Crippen LogP contribution is 2.32. The monoisotopic (exact) mass is 366 g/mol. The summed E-state index contributed by atoms with van der Waals surface area (Å²) < 4.78 is 0.391. The summed E-state index contributed by atoms with van der Waals surface area (Å²) in [7, 11) is 0. The number of hydrogen-bond donors (Lipinski definition) is 0. The summed E-state index contributed by atoms with van der Waals surface area (Å²) in [4.78, 5) is 25.9. The fourth-order valence-corrected chi connectivity index (χ4v) is 4.06. The largest absolute Gasteiger partial charge is 0.293 e. The fraction of sp³-hybridized carbons (Fsp3) is 0.231. The number of rotatable bonds is 5. The Bertz CT molecular complexity index is 576. The Morgan fingerprint density at radius 2 is 1.45 bits per heavy atom. The smallest absolute Gasteiger partial charge is 0.173 e. The number of thiophene rings is 2. The van der Waals surface area contributed by atoms with Gasteiger partial charge in [-0.3, -0.25) is 9.59 Å². The van der Waals surface area contributed by atoms with Gasteiger partial charge in [-0.1, -0.05) is 34.8 Å². The van der Waals surface area contributed by atoms with Crippen LogP contribution in [-0.2, 0) is 0 Å². The molecule has 0 aliphatic carbocycles. The van der Waals surface area contributed by atoms with E-state index in [1.165, 1.54) is 17.4 Å². The molecule has 106 valence electrons. The van der Waals surface area contributed by atoms with Gasteiger partial charge in [0.15, 0.2) is 11.6 Å². The van der Waals surface area contributed by atoms with E-state index in [9.17, 15) is 9.59 Å². The molecule has 0 N–H and O–H groups in total. The van der Waals surface area contributed by atoms with Gasteiger partial charge in [-0.15, -0.1) is 22.7 Å². The van der Waals surface area contributed by atoms with Crippen LogP contribution < -0.4 is 0 Å². The van der Waals surface area contributed by atoms with E-state index < -0.39 is 0 Å². The Hall–Kier alpha value is -0.390. The van der Waals surface area contributed by atoms with E-state index in [1.807, 2.05) is 6.92 Å². The van der Waals surface area contributed by atoms with Gasteiger partial charge in [-0.05, 0) is 19.1 Å². The summed E-state index contributed by atoms with van der Waals surface area (Å²) in [6.45, 7) is 1.85. The molecule has 0 unspecified atom stereocenters. The molecule has 2 nitrogen and oxygen atoms in total. The van der Waals surface area contributed by atoms with Gasteiger partial charge in [0.1, 0.15) is 4.34 Å². The summed E-state index contributed by atoms with van der Waals surface area (Å²) in [5.74, 6) is -0.205. The molecule has 0 aliphatic rings. The van der Waals surface area contributed by atoms with E-state index in [0.717, 1.165) is 16.2 Å². The van der Waals surface area contributed by atoms with Crippen LogP contribution in [-0.4, -0.2) is 11.6 Å². The summed E-state index contributed by atoms with van der Waals surface area (Å²) >= 11 is 20.0. The van der Waals surface area contributed by atoms with Crippen LogP contribution in [0.2, 0.25) is 14.4 Å². The Kier molecular flexibility index (Phi) is 5.26. The highest BCUT2D eigenvalue weighted by atomic mass is 35.5. The van der Waals surface area contributed by atoms with Crippen LogP contribution in [0.3, 0.4) is 0 Å². The van der Waals surface area contributed by atoms with Crippen molar-refractivity contribution in [1.29, 1.82) is 0 Å². The molecule has 0 saturated heterocycles. The summed E-state index contributed by atoms with van der Waals surface area (Å²) in [5, 5.41) is 0.952. The molecule has 0 aromatic carbocycles. The highest BCUT2D eigenvalue weighted by Gasteiger charge is 2.16. The van der Waals surface area contributed by atoms with Crippen LogP contribution in [0, 0.1) is 6.92 Å². The summed E-state index contributed by atoms with van der Waals surface area (Å²) in [6, 6.07) is 3.18. The molecule has 0 spiro atoms. The second kappa shape index (κ2) is 6.58. The Labute approximate surface area is 139 Å². The maximum absolute atomic E-state index is 12.0. The number of Topliss-reactive ketones (excluding diaryl/α,β-unsaturated/α-hetero) is 2. The van der Waals surface area contributed by atoms with E-state index >= 15 is 0 Å². The van der Waals surface area contributed by atoms with Gasteiger partial charge in [0, 0.05) is 17.7 Å². The first-order valence-corrected chi connectivity index (χ1v) is 8.42. The van der Waals surface area contributed by atoms with E-state index in [2.05, 4.69) is 0 Å². The van der Waals surface area contributed by atoms with Gasteiger partial charge in [0.2, 0.25) is 0 Å². The van der Waals surface area contributed by atoms with Crippen molar-refractivity contribution in [2.45, 2.75) is 19.8 Å². The normalized spacial score (nSPS) is 10.8. The molecule has 0 radical (unpaired) electrons. The molecule has 0 fully saturated rings. The molecule has 2 rings (SSSR count). The Morgan fingerprint density at radius 3 is 1.85 bits per heavy atom. The molecule has 0 atom stereocenters. The topological polar surface area (TPSA) is 34.1 Å². The van der Waals surface area contributed by atoms with Crippen molar-refractivity contribution in [3.63, 3.8) is 0 Å². The molecule has 0 amide bonds. The van der Waals surface area contributed by atoms with Crippen molar-refractivity contribution >= 4 is 69.0 Å². The average Bonchev–Trinajstić information content (AvgIpc) is 2.91. The van der Waals surface area contributed by atoms with Crippen molar-refractivity contribution in [2.75, 3.05) is 0 Å². The number of hydrogen-bond acceptors (Lipinski definition) is 4. The first kappa shape index (κ1) is 16.0. The average molecular weight is 368 g/mol. The van der Waals surface area contributed by atoms with Crippen LogP contribution in [0.1, 0.15) is 37.1 Å². The van der Waals surface area contributed by atoms with Gasteiger partial charge >= 0.3 is 0 Å². The second-order valence-electron chi connectivity index (χ2n) is 4.09. The quantitative estimate of drug-likeness (QED) is 0.614. The molecular formula is C13H9Cl3O2S2. The third-order valence-corrected chi connectivity index (χ3v) is 6.13. The van der Waals surface area contributed by atoms with Crippen LogP contribution in [0.5, 0.6) is 0 Å². The number of ketones is 2. The lowest BCUT2D eigenvalue weighted by Crippen LogP contribution is -2.02. The number of carbonyl (C=O) groups is 2. The van der Waals surface area contributed by atoms with Crippen molar-refractivity contribution in [2.24, 2.45) is 0 Å². The Morgan fingerprint density at radius 1 is 0.950 bits per heavy atom. The zero-order chi connectivity index (χ0) is 14.9. The lowest BCUT2D eigenvalue weighted by atomic mass is 10.1. The molecule has 2 aromatic heterocycles. The van der Waals surface area contributed by atoms with Crippen molar-refractivity contribution in [3.8, 4) is 0 Å². The van der Waals surface area contributed by atoms with Crippen LogP contribution in [0.15, 0.2) is 12.1 Å². The highest BCUT2D eigenvalue weighted by molar-refractivity contribution is 7.18. The Balaban J connectivity index is 1.98. The van der Waals surface area contributed by atoms with Gasteiger partial charge in [-0.2, -0.15) is 0 Å². The predicted molar refractivity (Wildman–Crippen MR) is 86.3 cm³/mol. The van der Waals surface area contributed by atoms with Gasteiger partial charge in [-0.25, -0.2) is 0 Å². The second-order valence-corrected chi connectivity index (χ2v) is 7.82. The minimum absolute atomic E-state index is 0.0768. The van der Waals surface area contributed by atoms with E-state index in [0.29, 0.717) is 24.1 Å². The summed E-state index contributed by atoms with van der Waals surface area (Å²) in [5.41, 5.74) is 0. The third kappa shape index (κ3) is 3.62. The molecule has 0 aliphatic heterocycles. The third-order valence-electron chi connectivity index (χ3n) is 2.63. The minimum Gasteiger partial charge on any atom is -0.293 e. The lowest BCUT2D eigenvalue weighted by molar-refractivity contribution is 0.0921. The summed E-state index contributed by atoms with van der Waals surface area (Å²) in [6.07, 6.45) is 0.294. The number of halogens is 3. The molecule has 7 heteroatoms. The van der Waals surface area contributed by atoms with Crippen LogP contribution in [0.4, 0.5) is 0 Å². The van der Waals surface area contributed by atoms with Crippen molar-refractivity contribution < 1.29 is 9.59 Å². The SMILES string of the molecule is Cc1sc(C(=O)CCC(=O)c2cc(Cl)c(Cl)s2)cc1Cl. The molecule has 2 aromatic rings. The van der Waals surface area contributed by atoms with Gasteiger partial charge < -0.3 is 0 Å². The zero-order valence-electron chi connectivity index (χ0n) is 10.3. The zero-order valence-corrected chi connectivity index (χ0v) is 14.2. The van der Waals surface area contributed by atoms with Crippen LogP contribution >= 0.6 is 57.5 Å². The van der Waals surface area contributed by atoms with Gasteiger partial charge in [0.25, 0.3) is 0 Å². The minimum atomic E-state index is -0.128. The molecular weight excluding hydrogens is 359 g/mol. The molecule has 20 heavy (non-hydrogen) atoms. The molecule has 0 saturated carbocycles. The lowest BCUT2D eigenvalue weighted by Gasteiger charge is -1.97. The van der Waals surface area contributed by atoms with Crippen LogP contribution in [0.25, 0.3) is 0 Å². The van der Waals surface area contributed by atoms with Crippen molar-refractivity contribution in [3.05, 3.63) is 41.1 Å². The number of carbonyl (C=O) groups excluding carboxylic acids is 2.